The van der Waals surface area contributed by atoms with Crippen molar-refractivity contribution in [2.24, 2.45) is 0 Å². The summed E-state index contributed by atoms with van der Waals surface area (Å²) in [7, 11) is 0. The lowest BCUT2D eigenvalue weighted by atomic mass is 10.1. The Kier molecular flexibility index (Phi) is 4.29. The summed E-state index contributed by atoms with van der Waals surface area (Å²) < 4.78 is 6.89. The zero-order valence-electron chi connectivity index (χ0n) is 13.1. The zero-order chi connectivity index (χ0) is 15.5. The fraction of sp³-hybridized carbons (Fsp3) is 0.278. The van der Waals surface area contributed by atoms with E-state index in [1.54, 1.807) is 11.3 Å². The smallest absolute Gasteiger partial charge is 0.184 e. The highest BCUT2D eigenvalue weighted by Gasteiger charge is 2.12. The zero-order valence-corrected chi connectivity index (χ0v) is 14.0. The number of thiazole rings is 1. The fourth-order valence-electron chi connectivity index (χ4n) is 2.44. The van der Waals surface area contributed by atoms with E-state index in [1.165, 1.54) is 21.4 Å². The average molecular weight is 312 g/mol. The summed E-state index contributed by atoms with van der Waals surface area (Å²) in [5.74, 6) is 0.964. The second kappa shape index (κ2) is 6.36. The van der Waals surface area contributed by atoms with E-state index in [0.29, 0.717) is 6.61 Å². The van der Waals surface area contributed by atoms with Gasteiger partial charge >= 0.3 is 0 Å². The summed E-state index contributed by atoms with van der Waals surface area (Å²) in [6.45, 7) is 7.69. The molecule has 0 bridgehead atoms. The van der Waals surface area contributed by atoms with Gasteiger partial charge in [0, 0.05) is 6.54 Å². The minimum Gasteiger partial charge on any atom is -0.494 e. The average Bonchev–Trinajstić information content (AvgIpc) is 2.95. The van der Waals surface area contributed by atoms with Crippen LogP contribution in [0, 0.1) is 13.8 Å². The Morgan fingerprint density at radius 1 is 1.14 bits per heavy atom. The molecule has 0 atom stereocenters. The minimum absolute atomic E-state index is 0.684. The van der Waals surface area contributed by atoms with E-state index in [9.17, 15) is 0 Å². The van der Waals surface area contributed by atoms with E-state index < -0.39 is 0 Å². The van der Waals surface area contributed by atoms with Gasteiger partial charge in [0.15, 0.2) is 5.13 Å². The lowest BCUT2D eigenvalue weighted by Gasteiger charge is -2.09. The van der Waals surface area contributed by atoms with Crippen molar-refractivity contribution in [3.8, 4) is 5.75 Å². The number of fused-ring (bicyclic) bond motifs is 1. The van der Waals surface area contributed by atoms with Crippen LogP contribution in [0.5, 0.6) is 5.75 Å². The second-order valence-corrected chi connectivity index (χ2v) is 6.29. The molecule has 0 amide bonds. The number of nitrogens with one attached hydrogen (secondary N) is 1. The van der Waals surface area contributed by atoms with Crippen LogP contribution in [0.15, 0.2) is 36.4 Å². The third kappa shape index (κ3) is 2.92. The molecule has 3 aromatic rings. The van der Waals surface area contributed by atoms with Crippen molar-refractivity contribution >= 4 is 26.7 Å². The van der Waals surface area contributed by atoms with Crippen molar-refractivity contribution in [3.63, 3.8) is 0 Å². The van der Waals surface area contributed by atoms with Gasteiger partial charge < -0.3 is 10.1 Å². The minimum atomic E-state index is 0.684. The van der Waals surface area contributed by atoms with Crippen LogP contribution in [-0.2, 0) is 6.54 Å². The number of benzene rings is 2. The van der Waals surface area contributed by atoms with Gasteiger partial charge in [-0.15, -0.1) is 0 Å². The van der Waals surface area contributed by atoms with Crippen molar-refractivity contribution in [1.29, 1.82) is 0 Å². The van der Waals surface area contributed by atoms with Crippen molar-refractivity contribution in [3.05, 3.63) is 53.1 Å². The number of nitrogens with zero attached hydrogens (tertiary/aromatic N) is 1. The first-order valence-electron chi connectivity index (χ1n) is 7.50. The topological polar surface area (TPSA) is 34.1 Å². The lowest BCUT2D eigenvalue weighted by Crippen LogP contribution is -1.98. The number of anilines is 1. The SMILES string of the molecule is CCOc1cc2sc(NCc3ccccc3)nc2c(C)c1C. The van der Waals surface area contributed by atoms with Gasteiger partial charge in [0.05, 0.1) is 16.8 Å². The molecule has 0 radical (unpaired) electrons. The van der Waals surface area contributed by atoms with E-state index >= 15 is 0 Å². The van der Waals surface area contributed by atoms with Gasteiger partial charge in [0.2, 0.25) is 0 Å². The van der Waals surface area contributed by atoms with E-state index in [4.69, 9.17) is 9.72 Å². The molecular formula is C18H20N2OS. The molecule has 3 nitrogen and oxygen atoms in total. The summed E-state index contributed by atoms with van der Waals surface area (Å²) in [5.41, 5.74) is 4.70. The van der Waals surface area contributed by atoms with Crippen LogP contribution in [0.1, 0.15) is 23.6 Å². The van der Waals surface area contributed by atoms with Crippen LogP contribution in [0.3, 0.4) is 0 Å². The van der Waals surface area contributed by atoms with Crippen molar-refractivity contribution < 1.29 is 4.74 Å². The number of ether oxygens (including phenoxy) is 1. The summed E-state index contributed by atoms with van der Waals surface area (Å²) >= 11 is 1.68. The Morgan fingerprint density at radius 3 is 2.64 bits per heavy atom. The maximum absolute atomic E-state index is 5.72. The Labute approximate surface area is 135 Å². The van der Waals surface area contributed by atoms with Crippen LogP contribution in [0.25, 0.3) is 10.2 Å². The Balaban J connectivity index is 1.88. The standard InChI is InChI=1S/C18H20N2OS/c1-4-21-15-10-16-17(13(3)12(15)2)20-18(22-16)19-11-14-8-6-5-7-9-14/h5-10H,4,11H2,1-3H3,(H,19,20). The second-order valence-electron chi connectivity index (χ2n) is 5.26. The molecule has 0 aliphatic heterocycles. The highest BCUT2D eigenvalue weighted by atomic mass is 32.1. The van der Waals surface area contributed by atoms with Crippen molar-refractivity contribution in [1.82, 2.24) is 4.98 Å². The van der Waals surface area contributed by atoms with E-state index in [2.05, 4.69) is 49.5 Å². The van der Waals surface area contributed by atoms with E-state index in [0.717, 1.165) is 22.9 Å². The van der Waals surface area contributed by atoms with Crippen LogP contribution in [0.4, 0.5) is 5.13 Å². The number of aryl methyl sites for hydroxylation is 1. The monoisotopic (exact) mass is 312 g/mol. The molecule has 0 unspecified atom stereocenters. The number of aromatic nitrogens is 1. The molecule has 1 aromatic heterocycles. The number of hydrogen-bond acceptors (Lipinski definition) is 4. The molecule has 2 aromatic carbocycles. The van der Waals surface area contributed by atoms with Gasteiger partial charge in [-0.3, -0.25) is 0 Å². The quantitative estimate of drug-likeness (QED) is 0.726. The first kappa shape index (κ1) is 14.9. The molecule has 0 saturated carbocycles. The van der Waals surface area contributed by atoms with Gasteiger partial charge in [-0.1, -0.05) is 41.7 Å². The Morgan fingerprint density at radius 2 is 1.91 bits per heavy atom. The Hall–Kier alpha value is -2.07. The van der Waals surface area contributed by atoms with Gasteiger partial charge in [-0.25, -0.2) is 4.98 Å². The molecule has 0 aliphatic carbocycles. The highest BCUT2D eigenvalue weighted by Crippen LogP contribution is 2.35. The van der Waals surface area contributed by atoms with Gasteiger partial charge in [0.1, 0.15) is 5.75 Å². The summed E-state index contributed by atoms with van der Waals surface area (Å²) in [6, 6.07) is 12.5. The van der Waals surface area contributed by atoms with Crippen molar-refractivity contribution in [2.75, 3.05) is 11.9 Å². The molecule has 0 saturated heterocycles. The molecular weight excluding hydrogens is 292 g/mol. The molecule has 0 spiro atoms. The summed E-state index contributed by atoms with van der Waals surface area (Å²) in [6.07, 6.45) is 0. The Bertz CT molecular complexity index is 781. The number of hydrogen-bond donors (Lipinski definition) is 1. The van der Waals surface area contributed by atoms with Crippen molar-refractivity contribution in [2.45, 2.75) is 27.3 Å². The van der Waals surface area contributed by atoms with Crippen LogP contribution in [0.2, 0.25) is 0 Å². The van der Waals surface area contributed by atoms with Crippen LogP contribution >= 0.6 is 11.3 Å². The predicted octanol–water partition coefficient (Wildman–Crippen LogP) is 4.92. The summed E-state index contributed by atoms with van der Waals surface area (Å²) in [5, 5.41) is 4.37. The first-order valence-corrected chi connectivity index (χ1v) is 8.32. The maximum Gasteiger partial charge on any atom is 0.184 e. The molecule has 1 heterocycles. The van der Waals surface area contributed by atoms with E-state index in [1.807, 2.05) is 13.0 Å². The van der Waals surface area contributed by atoms with Gasteiger partial charge in [0.25, 0.3) is 0 Å². The molecule has 4 heteroatoms. The largest absolute Gasteiger partial charge is 0.494 e. The molecule has 114 valence electrons. The van der Waals surface area contributed by atoms with Crippen LogP contribution < -0.4 is 10.1 Å². The first-order chi connectivity index (χ1) is 10.7. The molecule has 1 N–H and O–H groups in total. The predicted molar refractivity (Wildman–Crippen MR) is 94.0 cm³/mol. The number of rotatable bonds is 5. The van der Waals surface area contributed by atoms with Gasteiger partial charge in [-0.05, 0) is 43.5 Å². The third-order valence-corrected chi connectivity index (χ3v) is 4.75. The maximum atomic E-state index is 5.72. The summed E-state index contributed by atoms with van der Waals surface area (Å²) in [4.78, 5) is 4.74. The highest BCUT2D eigenvalue weighted by molar-refractivity contribution is 7.22. The third-order valence-electron chi connectivity index (χ3n) is 3.79. The van der Waals surface area contributed by atoms with Crippen LogP contribution in [-0.4, -0.2) is 11.6 Å². The molecule has 0 fully saturated rings. The van der Waals surface area contributed by atoms with E-state index in [-0.39, 0.29) is 0 Å². The lowest BCUT2D eigenvalue weighted by molar-refractivity contribution is 0.338. The molecule has 0 aliphatic rings. The van der Waals surface area contributed by atoms with Gasteiger partial charge in [-0.2, -0.15) is 0 Å². The molecule has 3 rings (SSSR count). The normalized spacial score (nSPS) is 10.9. The fourth-order valence-corrected chi connectivity index (χ4v) is 3.39. The molecule has 22 heavy (non-hydrogen) atoms.